The average molecular weight is 287 g/mol. The molecule has 1 aromatic carbocycles. The van der Waals surface area contributed by atoms with Gasteiger partial charge in [-0.3, -0.25) is 14.3 Å². The summed E-state index contributed by atoms with van der Waals surface area (Å²) in [5, 5.41) is 6.62. The SMILES string of the molecule is Cc1cc(NC(=O)C2CCCC2)cc(-c2noc(=O)[nH]2)c1. The Kier molecular flexibility index (Phi) is 3.60. The van der Waals surface area contributed by atoms with Crippen LogP contribution in [0.25, 0.3) is 11.4 Å². The second kappa shape index (κ2) is 5.55. The van der Waals surface area contributed by atoms with E-state index in [0.29, 0.717) is 17.1 Å². The molecule has 0 saturated heterocycles. The van der Waals surface area contributed by atoms with Crippen molar-refractivity contribution < 1.29 is 9.32 Å². The minimum atomic E-state index is -0.594. The number of nitrogens with one attached hydrogen (secondary N) is 2. The number of benzene rings is 1. The van der Waals surface area contributed by atoms with E-state index in [1.54, 1.807) is 6.07 Å². The Morgan fingerprint density at radius 2 is 2.10 bits per heavy atom. The normalized spacial score (nSPS) is 15.3. The second-order valence-electron chi connectivity index (χ2n) is 5.50. The van der Waals surface area contributed by atoms with E-state index in [1.165, 1.54) is 0 Å². The van der Waals surface area contributed by atoms with Gasteiger partial charge in [0, 0.05) is 17.2 Å². The van der Waals surface area contributed by atoms with Crippen LogP contribution in [0.1, 0.15) is 31.2 Å². The molecular formula is C15H17N3O3. The summed E-state index contributed by atoms with van der Waals surface area (Å²) in [4.78, 5) is 25.7. The Balaban J connectivity index is 1.84. The van der Waals surface area contributed by atoms with Crippen LogP contribution < -0.4 is 11.1 Å². The summed E-state index contributed by atoms with van der Waals surface area (Å²) < 4.78 is 4.51. The molecule has 0 aliphatic heterocycles. The van der Waals surface area contributed by atoms with E-state index in [0.717, 1.165) is 31.2 Å². The number of aryl methyl sites for hydroxylation is 1. The van der Waals surface area contributed by atoms with Crippen LogP contribution in [0.2, 0.25) is 0 Å². The molecule has 0 radical (unpaired) electrons. The number of carbonyl (C=O) groups excluding carboxylic acids is 1. The fourth-order valence-electron chi connectivity index (χ4n) is 2.78. The molecule has 0 atom stereocenters. The third kappa shape index (κ3) is 3.04. The number of rotatable bonds is 3. The highest BCUT2D eigenvalue weighted by atomic mass is 16.5. The summed E-state index contributed by atoms with van der Waals surface area (Å²) in [5.74, 6) is -0.0540. The van der Waals surface area contributed by atoms with Crippen LogP contribution in [0.3, 0.4) is 0 Å². The standard InChI is InChI=1S/C15H17N3O3/c1-9-6-11(13-17-15(20)21-18-13)8-12(7-9)16-14(19)10-4-2-3-5-10/h6-8,10H,2-5H2,1H3,(H,16,19)(H,17,18,20). The van der Waals surface area contributed by atoms with Gasteiger partial charge >= 0.3 is 5.76 Å². The van der Waals surface area contributed by atoms with Gasteiger partial charge < -0.3 is 5.32 Å². The quantitative estimate of drug-likeness (QED) is 0.907. The summed E-state index contributed by atoms with van der Waals surface area (Å²) in [6.45, 7) is 1.92. The van der Waals surface area contributed by atoms with Crippen molar-refractivity contribution in [1.29, 1.82) is 0 Å². The Labute approximate surface area is 121 Å². The molecule has 2 N–H and O–H groups in total. The summed E-state index contributed by atoms with van der Waals surface area (Å²) in [7, 11) is 0. The van der Waals surface area contributed by atoms with E-state index in [9.17, 15) is 9.59 Å². The van der Waals surface area contributed by atoms with Crippen LogP contribution in [0.4, 0.5) is 5.69 Å². The molecule has 3 rings (SSSR count). The maximum Gasteiger partial charge on any atom is 0.439 e. The van der Waals surface area contributed by atoms with Gasteiger partial charge in [0.2, 0.25) is 5.91 Å². The zero-order valence-electron chi connectivity index (χ0n) is 11.8. The van der Waals surface area contributed by atoms with Gasteiger partial charge in [-0.05, 0) is 43.5 Å². The molecular weight excluding hydrogens is 270 g/mol. The van der Waals surface area contributed by atoms with Crippen LogP contribution in [-0.4, -0.2) is 16.0 Å². The van der Waals surface area contributed by atoms with Gasteiger partial charge in [0.1, 0.15) is 0 Å². The van der Waals surface area contributed by atoms with Crippen molar-refractivity contribution in [3.8, 4) is 11.4 Å². The Morgan fingerprint density at radius 3 is 2.76 bits per heavy atom. The van der Waals surface area contributed by atoms with Gasteiger partial charge in [0.05, 0.1) is 0 Å². The van der Waals surface area contributed by atoms with Gasteiger partial charge in [-0.2, -0.15) is 0 Å². The third-order valence-electron chi connectivity index (χ3n) is 3.78. The first-order chi connectivity index (χ1) is 10.1. The zero-order valence-corrected chi connectivity index (χ0v) is 11.8. The topological polar surface area (TPSA) is 88.0 Å². The van der Waals surface area contributed by atoms with E-state index in [-0.39, 0.29) is 11.8 Å². The van der Waals surface area contributed by atoms with Crippen molar-refractivity contribution >= 4 is 11.6 Å². The van der Waals surface area contributed by atoms with E-state index >= 15 is 0 Å². The van der Waals surface area contributed by atoms with Gasteiger partial charge in [0.25, 0.3) is 0 Å². The molecule has 21 heavy (non-hydrogen) atoms. The van der Waals surface area contributed by atoms with Crippen molar-refractivity contribution in [1.82, 2.24) is 10.1 Å². The molecule has 6 nitrogen and oxygen atoms in total. The lowest BCUT2D eigenvalue weighted by atomic mass is 10.1. The molecule has 1 heterocycles. The number of hydrogen-bond acceptors (Lipinski definition) is 4. The number of hydrogen-bond donors (Lipinski definition) is 2. The average Bonchev–Trinajstić information content (AvgIpc) is 3.08. The van der Waals surface area contributed by atoms with E-state index in [1.807, 2.05) is 19.1 Å². The van der Waals surface area contributed by atoms with E-state index in [4.69, 9.17) is 0 Å². The largest absolute Gasteiger partial charge is 0.439 e. The Morgan fingerprint density at radius 1 is 1.33 bits per heavy atom. The highest BCUT2D eigenvalue weighted by Crippen LogP contribution is 2.27. The second-order valence-corrected chi connectivity index (χ2v) is 5.50. The maximum atomic E-state index is 12.2. The van der Waals surface area contributed by atoms with Gasteiger partial charge in [-0.25, -0.2) is 4.79 Å². The number of aromatic nitrogens is 2. The van der Waals surface area contributed by atoms with E-state index < -0.39 is 5.76 Å². The molecule has 1 fully saturated rings. The summed E-state index contributed by atoms with van der Waals surface area (Å²) in [5.41, 5.74) is 2.39. The fourth-order valence-corrected chi connectivity index (χ4v) is 2.78. The first-order valence-corrected chi connectivity index (χ1v) is 7.11. The molecule has 1 saturated carbocycles. The maximum absolute atomic E-state index is 12.2. The molecule has 1 aliphatic carbocycles. The first-order valence-electron chi connectivity index (χ1n) is 7.11. The molecule has 0 bridgehead atoms. The summed E-state index contributed by atoms with van der Waals surface area (Å²) in [6.07, 6.45) is 4.16. The lowest BCUT2D eigenvalue weighted by Crippen LogP contribution is -2.20. The lowest BCUT2D eigenvalue weighted by Gasteiger charge is -2.11. The minimum absolute atomic E-state index is 0.0673. The van der Waals surface area contributed by atoms with Crippen LogP contribution in [0, 0.1) is 12.8 Å². The predicted molar refractivity (Wildman–Crippen MR) is 77.9 cm³/mol. The summed E-state index contributed by atoms with van der Waals surface area (Å²) >= 11 is 0. The van der Waals surface area contributed by atoms with Crippen LogP contribution in [0.15, 0.2) is 27.5 Å². The van der Waals surface area contributed by atoms with Crippen molar-refractivity contribution in [3.63, 3.8) is 0 Å². The van der Waals surface area contributed by atoms with Gasteiger partial charge in [-0.15, -0.1) is 0 Å². The number of carbonyl (C=O) groups is 1. The van der Waals surface area contributed by atoms with E-state index in [2.05, 4.69) is 20.0 Å². The van der Waals surface area contributed by atoms with Crippen LogP contribution in [-0.2, 0) is 4.79 Å². The van der Waals surface area contributed by atoms with Crippen molar-refractivity contribution in [2.45, 2.75) is 32.6 Å². The van der Waals surface area contributed by atoms with Gasteiger partial charge in [-0.1, -0.05) is 18.0 Å². The molecule has 1 amide bonds. The summed E-state index contributed by atoms with van der Waals surface area (Å²) in [6, 6.07) is 5.56. The number of nitrogens with zero attached hydrogens (tertiary/aromatic N) is 1. The lowest BCUT2D eigenvalue weighted by molar-refractivity contribution is -0.119. The molecule has 0 spiro atoms. The number of aromatic amines is 1. The minimum Gasteiger partial charge on any atom is -0.326 e. The first kappa shape index (κ1) is 13.6. The predicted octanol–water partition coefficient (Wildman–Crippen LogP) is 2.47. The highest BCUT2D eigenvalue weighted by molar-refractivity contribution is 5.93. The molecule has 0 unspecified atom stereocenters. The molecule has 6 heteroatoms. The molecule has 1 aromatic heterocycles. The van der Waals surface area contributed by atoms with Crippen molar-refractivity contribution in [3.05, 3.63) is 34.3 Å². The number of H-pyrrole nitrogens is 1. The number of amides is 1. The highest BCUT2D eigenvalue weighted by Gasteiger charge is 2.22. The molecule has 2 aromatic rings. The third-order valence-corrected chi connectivity index (χ3v) is 3.78. The zero-order chi connectivity index (χ0) is 14.8. The number of anilines is 1. The monoisotopic (exact) mass is 287 g/mol. The Hall–Kier alpha value is -2.37. The molecule has 1 aliphatic rings. The Bertz CT molecular complexity index is 711. The van der Waals surface area contributed by atoms with Gasteiger partial charge in [0.15, 0.2) is 5.82 Å². The van der Waals surface area contributed by atoms with Crippen LogP contribution >= 0.6 is 0 Å². The molecule has 110 valence electrons. The van der Waals surface area contributed by atoms with Crippen molar-refractivity contribution in [2.75, 3.05) is 5.32 Å². The fraction of sp³-hybridized carbons (Fsp3) is 0.400. The smallest absolute Gasteiger partial charge is 0.326 e. The van der Waals surface area contributed by atoms with Crippen molar-refractivity contribution in [2.24, 2.45) is 5.92 Å². The van der Waals surface area contributed by atoms with Crippen LogP contribution in [0.5, 0.6) is 0 Å².